The molecule has 2 heterocycles. The summed E-state index contributed by atoms with van der Waals surface area (Å²) in [5, 5.41) is 20.7. The zero-order valence-corrected chi connectivity index (χ0v) is 8.68. The molecule has 0 atom stereocenters. The van der Waals surface area contributed by atoms with Crippen molar-refractivity contribution < 1.29 is 5.11 Å². The molecule has 3 N–H and O–H groups in total. The SMILES string of the molecule is OC1(CSc2ncn[nH]2)CCNCC1. The Labute approximate surface area is 86.7 Å². The van der Waals surface area contributed by atoms with Crippen LogP contribution >= 0.6 is 11.8 Å². The van der Waals surface area contributed by atoms with E-state index in [2.05, 4.69) is 20.5 Å². The van der Waals surface area contributed by atoms with E-state index in [9.17, 15) is 5.11 Å². The number of aromatic nitrogens is 3. The van der Waals surface area contributed by atoms with E-state index in [1.54, 1.807) is 0 Å². The second-order valence-corrected chi connectivity index (χ2v) is 4.52. The lowest BCUT2D eigenvalue weighted by Crippen LogP contribution is -2.43. The lowest BCUT2D eigenvalue weighted by molar-refractivity contribution is 0.0339. The van der Waals surface area contributed by atoms with Gasteiger partial charge in [0.2, 0.25) is 0 Å². The van der Waals surface area contributed by atoms with Crippen molar-refractivity contribution in [3.05, 3.63) is 6.33 Å². The summed E-state index contributed by atoms with van der Waals surface area (Å²) in [5.41, 5.74) is -0.539. The van der Waals surface area contributed by atoms with Crippen LogP contribution in [0.4, 0.5) is 0 Å². The lowest BCUT2D eigenvalue weighted by Gasteiger charge is -2.31. The highest BCUT2D eigenvalue weighted by molar-refractivity contribution is 7.99. The average Bonchev–Trinajstić information content (AvgIpc) is 2.69. The fourth-order valence-corrected chi connectivity index (χ4v) is 2.44. The van der Waals surface area contributed by atoms with Crippen LogP contribution in [0.15, 0.2) is 11.5 Å². The van der Waals surface area contributed by atoms with Gasteiger partial charge in [-0.3, -0.25) is 5.10 Å². The van der Waals surface area contributed by atoms with E-state index in [1.165, 1.54) is 18.1 Å². The van der Waals surface area contributed by atoms with Crippen LogP contribution in [0.5, 0.6) is 0 Å². The molecule has 1 aliphatic heterocycles. The molecule has 0 amide bonds. The van der Waals surface area contributed by atoms with Gasteiger partial charge < -0.3 is 10.4 Å². The summed E-state index contributed by atoms with van der Waals surface area (Å²) in [6.45, 7) is 1.79. The highest BCUT2D eigenvalue weighted by atomic mass is 32.2. The van der Waals surface area contributed by atoms with Crippen molar-refractivity contribution in [2.24, 2.45) is 0 Å². The lowest BCUT2D eigenvalue weighted by atomic mass is 9.95. The molecule has 1 aromatic heterocycles. The van der Waals surface area contributed by atoms with Gasteiger partial charge in [0.25, 0.3) is 0 Å². The summed E-state index contributed by atoms with van der Waals surface area (Å²) >= 11 is 1.53. The van der Waals surface area contributed by atoms with Crippen molar-refractivity contribution >= 4 is 11.8 Å². The molecule has 1 aliphatic rings. The van der Waals surface area contributed by atoms with Crippen LogP contribution in [-0.4, -0.2) is 44.7 Å². The Morgan fingerprint density at radius 3 is 2.93 bits per heavy atom. The van der Waals surface area contributed by atoms with Gasteiger partial charge in [-0.2, -0.15) is 5.10 Å². The highest BCUT2D eigenvalue weighted by Gasteiger charge is 2.29. The normalized spacial score (nSPS) is 20.9. The van der Waals surface area contributed by atoms with Crippen LogP contribution in [0, 0.1) is 0 Å². The summed E-state index contributed by atoms with van der Waals surface area (Å²) in [7, 11) is 0. The largest absolute Gasteiger partial charge is 0.389 e. The first-order valence-corrected chi connectivity index (χ1v) is 5.68. The zero-order valence-electron chi connectivity index (χ0n) is 7.86. The van der Waals surface area contributed by atoms with Crippen molar-refractivity contribution in [3.63, 3.8) is 0 Å². The minimum absolute atomic E-state index is 0.539. The van der Waals surface area contributed by atoms with E-state index in [0.29, 0.717) is 5.75 Å². The quantitative estimate of drug-likeness (QED) is 0.618. The van der Waals surface area contributed by atoms with Gasteiger partial charge in [-0.15, -0.1) is 0 Å². The molecule has 0 aromatic carbocycles. The minimum Gasteiger partial charge on any atom is -0.389 e. The van der Waals surface area contributed by atoms with Gasteiger partial charge in [0.1, 0.15) is 6.33 Å². The van der Waals surface area contributed by atoms with E-state index in [0.717, 1.165) is 31.1 Å². The Kier molecular flexibility index (Phi) is 3.05. The standard InChI is InChI=1S/C8H14N4OS/c13-8(1-3-9-4-2-8)5-14-7-10-6-11-12-7/h6,9,13H,1-5H2,(H,10,11,12). The maximum absolute atomic E-state index is 10.1. The van der Waals surface area contributed by atoms with Crippen LogP contribution in [0.1, 0.15) is 12.8 Å². The molecule has 1 saturated heterocycles. The molecule has 14 heavy (non-hydrogen) atoms. The third kappa shape index (κ3) is 2.46. The summed E-state index contributed by atoms with van der Waals surface area (Å²) in [5.74, 6) is 0.684. The molecule has 0 unspecified atom stereocenters. The monoisotopic (exact) mass is 214 g/mol. The molecular weight excluding hydrogens is 200 g/mol. The maximum Gasteiger partial charge on any atom is 0.183 e. The molecule has 0 radical (unpaired) electrons. The number of thioether (sulfide) groups is 1. The number of aromatic amines is 1. The number of H-pyrrole nitrogens is 1. The fourth-order valence-electron chi connectivity index (χ4n) is 1.50. The Bertz CT molecular complexity index is 271. The average molecular weight is 214 g/mol. The third-order valence-electron chi connectivity index (χ3n) is 2.40. The number of nitrogens with one attached hydrogen (secondary N) is 2. The van der Waals surface area contributed by atoms with Gasteiger partial charge in [0.15, 0.2) is 5.16 Å². The van der Waals surface area contributed by atoms with Crippen molar-refractivity contribution in [2.75, 3.05) is 18.8 Å². The first kappa shape index (κ1) is 9.95. The molecule has 0 bridgehead atoms. The molecule has 78 valence electrons. The second-order valence-electron chi connectivity index (χ2n) is 3.55. The van der Waals surface area contributed by atoms with Gasteiger partial charge >= 0.3 is 0 Å². The Balaban J connectivity index is 1.84. The molecule has 1 aromatic rings. The van der Waals surface area contributed by atoms with Crippen LogP contribution in [0.25, 0.3) is 0 Å². The Morgan fingerprint density at radius 2 is 2.29 bits per heavy atom. The van der Waals surface area contributed by atoms with Crippen LogP contribution < -0.4 is 5.32 Å². The van der Waals surface area contributed by atoms with Crippen LogP contribution in [0.2, 0.25) is 0 Å². The Hall–Kier alpha value is -0.590. The first-order chi connectivity index (χ1) is 6.79. The summed E-state index contributed by atoms with van der Waals surface area (Å²) in [6, 6.07) is 0. The van der Waals surface area contributed by atoms with E-state index >= 15 is 0 Å². The molecule has 0 aliphatic carbocycles. The van der Waals surface area contributed by atoms with Crippen molar-refractivity contribution in [3.8, 4) is 0 Å². The number of hydrogen-bond donors (Lipinski definition) is 3. The predicted octanol–water partition coefficient (Wildman–Crippen LogP) is 0.0113. The summed E-state index contributed by atoms with van der Waals surface area (Å²) < 4.78 is 0. The van der Waals surface area contributed by atoms with Crippen molar-refractivity contribution in [1.29, 1.82) is 0 Å². The van der Waals surface area contributed by atoms with Crippen LogP contribution in [0.3, 0.4) is 0 Å². The van der Waals surface area contributed by atoms with Gasteiger partial charge in [0, 0.05) is 5.75 Å². The number of nitrogens with zero attached hydrogens (tertiary/aromatic N) is 2. The molecule has 2 rings (SSSR count). The van der Waals surface area contributed by atoms with E-state index in [1.807, 2.05) is 0 Å². The summed E-state index contributed by atoms with van der Waals surface area (Å²) in [4.78, 5) is 4.00. The number of rotatable bonds is 3. The zero-order chi connectivity index (χ0) is 9.86. The van der Waals surface area contributed by atoms with Gasteiger partial charge in [0.05, 0.1) is 5.60 Å². The van der Waals surface area contributed by atoms with E-state index < -0.39 is 5.60 Å². The molecule has 5 nitrogen and oxygen atoms in total. The van der Waals surface area contributed by atoms with Gasteiger partial charge in [-0.1, -0.05) is 11.8 Å². The van der Waals surface area contributed by atoms with Crippen LogP contribution in [-0.2, 0) is 0 Å². The molecule has 0 spiro atoms. The first-order valence-electron chi connectivity index (χ1n) is 4.70. The van der Waals surface area contributed by atoms with Crippen molar-refractivity contribution in [1.82, 2.24) is 20.5 Å². The topological polar surface area (TPSA) is 73.8 Å². The smallest absolute Gasteiger partial charge is 0.183 e. The number of aliphatic hydroxyl groups is 1. The van der Waals surface area contributed by atoms with Gasteiger partial charge in [-0.05, 0) is 25.9 Å². The highest BCUT2D eigenvalue weighted by Crippen LogP contribution is 2.25. The number of piperidine rings is 1. The van der Waals surface area contributed by atoms with Gasteiger partial charge in [-0.25, -0.2) is 4.98 Å². The van der Waals surface area contributed by atoms with Crippen molar-refractivity contribution in [2.45, 2.75) is 23.6 Å². The Morgan fingerprint density at radius 1 is 1.50 bits per heavy atom. The second kappa shape index (κ2) is 4.29. The summed E-state index contributed by atoms with van der Waals surface area (Å²) in [6.07, 6.45) is 3.11. The predicted molar refractivity (Wildman–Crippen MR) is 54.2 cm³/mol. The number of hydrogen-bond acceptors (Lipinski definition) is 5. The molecule has 6 heteroatoms. The molecule has 1 fully saturated rings. The molecular formula is C8H14N4OS. The molecule has 0 saturated carbocycles. The fraction of sp³-hybridized carbons (Fsp3) is 0.750. The minimum atomic E-state index is -0.539. The van der Waals surface area contributed by atoms with E-state index in [-0.39, 0.29) is 0 Å². The maximum atomic E-state index is 10.1. The third-order valence-corrected chi connectivity index (χ3v) is 3.56. The van der Waals surface area contributed by atoms with E-state index in [4.69, 9.17) is 0 Å².